The topological polar surface area (TPSA) is 44.5 Å². The molecule has 0 saturated carbocycles. The molecular weight excluding hydrogens is 262 g/mol. The van der Waals surface area contributed by atoms with Gasteiger partial charge in [0, 0.05) is 12.5 Å². The summed E-state index contributed by atoms with van der Waals surface area (Å²) in [6, 6.07) is -0.0448. The van der Waals surface area contributed by atoms with Crippen molar-refractivity contribution in [2.75, 3.05) is 13.2 Å². The highest BCUT2D eigenvalue weighted by Crippen LogP contribution is 2.22. The Hall–Kier alpha value is -0.380. The van der Waals surface area contributed by atoms with Gasteiger partial charge in [0.2, 0.25) is 0 Å². The lowest BCUT2D eigenvalue weighted by atomic mass is 9.91. The Morgan fingerprint density at radius 2 is 1.90 bits per heavy atom. The maximum absolute atomic E-state index is 6.33. The zero-order valence-electron chi connectivity index (χ0n) is 14.2. The van der Waals surface area contributed by atoms with Crippen LogP contribution in [0, 0.1) is 5.92 Å². The van der Waals surface area contributed by atoms with Crippen molar-refractivity contribution in [2.24, 2.45) is 11.7 Å². The van der Waals surface area contributed by atoms with Crippen LogP contribution in [-0.2, 0) is 9.47 Å². The molecule has 1 fully saturated rings. The van der Waals surface area contributed by atoms with E-state index in [-0.39, 0.29) is 18.2 Å². The molecule has 0 spiro atoms. The summed E-state index contributed by atoms with van der Waals surface area (Å²) < 4.78 is 11.8. The van der Waals surface area contributed by atoms with Crippen LogP contribution in [-0.4, -0.2) is 31.5 Å². The van der Waals surface area contributed by atoms with Gasteiger partial charge >= 0.3 is 0 Å². The van der Waals surface area contributed by atoms with Crippen LogP contribution in [0.5, 0.6) is 0 Å². The van der Waals surface area contributed by atoms with Gasteiger partial charge in [-0.3, -0.25) is 0 Å². The molecule has 1 heterocycles. The number of unbranched alkanes of at least 4 members (excludes halogenated alkanes) is 5. The van der Waals surface area contributed by atoms with Crippen molar-refractivity contribution in [1.29, 1.82) is 0 Å². The van der Waals surface area contributed by atoms with Crippen LogP contribution in [0.15, 0.2) is 12.2 Å². The molecule has 0 amide bonds. The predicted octanol–water partition coefficient (Wildman–Crippen LogP) is 4.06. The minimum Gasteiger partial charge on any atom is -0.376 e. The molecule has 3 nitrogen and oxygen atoms in total. The highest BCUT2D eigenvalue weighted by molar-refractivity contribution is 5.01. The molecule has 0 radical (unpaired) electrons. The van der Waals surface area contributed by atoms with Crippen molar-refractivity contribution in [3.05, 3.63) is 12.2 Å². The molecule has 0 aromatic carbocycles. The first-order valence-electron chi connectivity index (χ1n) is 8.86. The van der Waals surface area contributed by atoms with Crippen molar-refractivity contribution in [1.82, 2.24) is 0 Å². The summed E-state index contributed by atoms with van der Waals surface area (Å²) in [5, 5.41) is 0. The fraction of sp³-hybridized carbons (Fsp3) is 0.889. The molecule has 21 heavy (non-hydrogen) atoms. The number of rotatable bonds is 10. The summed E-state index contributed by atoms with van der Waals surface area (Å²) in [7, 11) is 0. The average molecular weight is 297 g/mol. The molecular formula is C18H35NO2. The van der Waals surface area contributed by atoms with E-state index in [4.69, 9.17) is 15.2 Å². The summed E-state index contributed by atoms with van der Waals surface area (Å²) in [6.45, 7) is 8.07. The first-order chi connectivity index (χ1) is 10.2. The summed E-state index contributed by atoms with van der Waals surface area (Å²) >= 11 is 0. The van der Waals surface area contributed by atoms with E-state index in [0.29, 0.717) is 5.92 Å². The lowest BCUT2D eigenvalue weighted by molar-refractivity contribution is -0.104. The number of nitrogens with two attached hydrogens (primary N) is 1. The van der Waals surface area contributed by atoms with Crippen molar-refractivity contribution in [3.8, 4) is 0 Å². The van der Waals surface area contributed by atoms with Crippen molar-refractivity contribution in [2.45, 2.75) is 84.0 Å². The van der Waals surface area contributed by atoms with E-state index in [9.17, 15) is 0 Å². The van der Waals surface area contributed by atoms with E-state index in [2.05, 4.69) is 32.9 Å². The Morgan fingerprint density at radius 1 is 1.14 bits per heavy atom. The minimum absolute atomic E-state index is 0.0127. The third kappa shape index (κ3) is 6.94. The van der Waals surface area contributed by atoms with Gasteiger partial charge in [0.1, 0.15) is 0 Å². The maximum atomic E-state index is 6.33. The Morgan fingerprint density at radius 3 is 2.62 bits per heavy atom. The summed E-state index contributed by atoms with van der Waals surface area (Å²) in [6.07, 6.45) is 13.3. The van der Waals surface area contributed by atoms with Crippen LogP contribution in [0.25, 0.3) is 0 Å². The molecule has 0 aliphatic carbocycles. The Labute approximate surface area is 131 Å². The number of allylic oxidation sites excluding steroid dienone is 1. The molecule has 0 aromatic heterocycles. The van der Waals surface area contributed by atoms with Crippen molar-refractivity contribution < 1.29 is 9.47 Å². The lowest BCUT2D eigenvalue weighted by Crippen LogP contribution is -2.54. The van der Waals surface area contributed by atoms with Gasteiger partial charge < -0.3 is 15.2 Å². The van der Waals surface area contributed by atoms with Crippen LogP contribution < -0.4 is 5.73 Å². The van der Waals surface area contributed by atoms with Crippen molar-refractivity contribution in [3.63, 3.8) is 0 Å². The van der Waals surface area contributed by atoms with Gasteiger partial charge in [0.05, 0.1) is 24.9 Å². The molecule has 124 valence electrons. The summed E-state index contributed by atoms with van der Waals surface area (Å²) in [5.74, 6) is 0.380. The Bertz CT molecular complexity index is 280. The van der Waals surface area contributed by atoms with Gasteiger partial charge in [-0.1, -0.05) is 58.6 Å². The minimum atomic E-state index is -0.0448. The molecule has 1 rings (SSSR count). The molecule has 1 aliphatic heterocycles. The Kier molecular flexibility index (Phi) is 9.98. The number of hydrogen-bond donors (Lipinski definition) is 1. The molecule has 3 heteroatoms. The molecule has 2 N–H and O–H groups in total. The smallest absolute Gasteiger partial charge is 0.0932 e. The van der Waals surface area contributed by atoms with Gasteiger partial charge in [0.25, 0.3) is 0 Å². The normalized spacial score (nSPS) is 30.1. The van der Waals surface area contributed by atoms with Crippen LogP contribution >= 0.6 is 0 Å². The number of hydrogen-bond acceptors (Lipinski definition) is 3. The summed E-state index contributed by atoms with van der Waals surface area (Å²) in [5.41, 5.74) is 6.33. The van der Waals surface area contributed by atoms with Gasteiger partial charge in [0.15, 0.2) is 0 Å². The van der Waals surface area contributed by atoms with Crippen LogP contribution in [0.2, 0.25) is 0 Å². The second kappa shape index (κ2) is 11.2. The first kappa shape index (κ1) is 18.7. The maximum Gasteiger partial charge on any atom is 0.0932 e. The van der Waals surface area contributed by atoms with Gasteiger partial charge in [-0.15, -0.1) is 0 Å². The zero-order valence-corrected chi connectivity index (χ0v) is 14.2. The second-order valence-corrected chi connectivity index (χ2v) is 6.32. The van der Waals surface area contributed by atoms with E-state index in [0.717, 1.165) is 26.1 Å². The monoisotopic (exact) mass is 297 g/mol. The van der Waals surface area contributed by atoms with E-state index in [1.807, 2.05) is 0 Å². The average Bonchev–Trinajstić information content (AvgIpc) is 2.48. The summed E-state index contributed by atoms with van der Waals surface area (Å²) in [4.78, 5) is 0. The van der Waals surface area contributed by atoms with Crippen LogP contribution in [0.3, 0.4) is 0 Å². The van der Waals surface area contributed by atoms with E-state index in [1.54, 1.807) is 0 Å². The van der Waals surface area contributed by atoms with Gasteiger partial charge in [-0.2, -0.15) is 0 Å². The lowest BCUT2D eigenvalue weighted by Gasteiger charge is -2.38. The third-order valence-corrected chi connectivity index (χ3v) is 4.19. The fourth-order valence-electron chi connectivity index (χ4n) is 2.84. The molecule has 0 bridgehead atoms. The van der Waals surface area contributed by atoms with E-state index < -0.39 is 0 Å². The van der Waals surface area contributed by atoms with Crippen LogP contribution in [0.4, 0.5) is 0 Å². The molecule has 1 aliphatic rings. The van der Waals surface area contributed by atoms with Crippen molar-refractivity contribution >= 4 is 0 Å². The quantitative estimate of drug-likeness (QED) is 0.488. The SMILES string of the molecule is CCCCCCC/C=C\[C@@H]1OC[C@H](C)[C@H](OCCC)[C@@H]1N. The standard InChI is InChI=1S/C18H35NO2/c1-4-6-7-8-9-10-11-12-16-17(19)18(20-13-5-2)15(3)14-21-16/h11-12,15-18H,4-10,13-14,19H2,1-3H3/b12-11-/t15-,16-,17+,18-/m0/s1. The fourth-order valence-corrected chi connectivity index (χ4v) is 2.84. The first-order valence-corrected chi connectivity index (χ1v) is 8.86. The zero-order chi connectivity index (χ0) is 15.5. The van der Waals surface area contributed by atoms with Crippen LogP contribution in [0.1, 0.15) is 65.7 Å². The molecule has 4 atom stereocenters. The molecule has 0 unspecified atom stereocenters. The second-order valence-electron chi connectivity index (χ2n) is 6.32. The van der Waals surface area contributed by atoms with E-state index in [1.165, 1.54) is 32.1 Å². The van der Waals surface area contributed by atoms with E-state index >= 15 is 0 Å². The largest absolute Gasteiger partial charge is 0.376 e. The van der Waals surface area contributed by atoms with Gasteiger partial charge in [-0.05, 0) is 19.3 Å². The van der Waals surface area contributed by atoms with Gasteiger partial charge in [-0.25, -0.2) is 0 Å². The Balaban J connectivity index is 2.30. The third-order valence-electron chi connectivity index (χ3n) is 4.19. The predicted molar refractivity (Wildman–Crippen MR) is 89.4 cm³/mol. The number of ether oxygens (including phenoxy) is 2. The highest BCUT2D eigenvalue weighted by Gasteiger charge is 2.35. The highest BCUT2D eigenvalue weighted by atomic mass is 16.5. The molecule has 1 saturated heterocycles. The molecule has 0 aromatic rings.